The van der Waals surface area contributed by atoms with Gasteiger partial charge < -0.3 is 4.74 Å². The first-order valence-corrected chi connectivity index (χ1v) is 6.70. The predicted molar refractivity (Wildman–Crippen MR) is 68.3 cm³/mol. The maximum atomic E-state index is 11.8. The molecule has 1 atom stereocenters. The van der Waals surface area contributed by atoms with Crippen LogP contribution >= 0.6 is 12.8 Å². The van der Waals surface area contributed by atoms with Crippen molar-refractivity contribution in [3.05, 3.63) is 0 Å². The molecule has 1 saturated carbocycles. The van der Waals surface area contributed by atoms with Crippen LogP contribution in [0, 0.1) is 11.3 Å². The molecule has 2 fully saturated rings. The Bertz CT molecular complexity index is 241. The van der Waals surface area contributed by atoms with E-state index in [0.717, 1.165) is 32.4 Å². The van der Waals surface area contributed by atoms with Crippen molar-refractivity contribution in [3.63, 3.8) is 0 Å². The van der Waals surface area contributed by atoms with Crippen molar-refractivity contribution >= 4 is 18.8 Å². The molecule has 2 aliphatic rings. The molecule has 94 valence electrons. The molecule has 4 heteroatoms. The Morgan fingerprint density at radius 2 is 2.12 bits per heavy atom. The normalized spacial score (nSPS) is 26.9. The van der Waals surface area contributed by atoms with Gasteiger partial charge in [-0.25, -0.2) is 0 Å². The third kappa shape index (κ3) is 2.72. The van der Waals surface area contributed by atoms with Gasteiger partial charge in [0.25, 0.3) is 0 Å². The minimum atomic E-state index is -0.131. The average molecular weight is 245 g/mol. The van der Waals surface area contributed by atoms with E-state index in [1.165, 1.54) is 0 Å². The predicted octanol–water partition coefficient (Wildman–Crippen LogP) is 2.52. The highest BCUT2D eigenvalue weighted by atomic mass is 32.1. The monoisotopic (exact) mass is 245 g/mol. The summed E-state index contributed by atoms with van der Waals surface area (Å²) in [5.74, 6) is 0.493. The van der Waals surface area contributed by atoms with Crippen molar-refractivity contribution in [3.8, 4) is 0 Å². The van der Waals surface area contributed by atoms with E-state index in [2.05, 4.69) is 12.8 Å². The van der Waals surface area contributed by atoms with Gasteiger partial charge in [-0.05, 0) is 32.1 Å². The van der Waals surface area contributed by atoms with Crippen molar-refractivity contribution in [2.75, 3.05) is 19.7 Å². The van der Waals surface area contributed by atoms with Crippen LogP contribution in [-0.2, 0) is 9.53 Å². The van der Waals surface area contributed by atoms with Crippen LogP contribution in [0.25, 0.3) is 0 Å². The Labute approximate surface area is 104 Å². The first-order chi connectivity index (χ1) is 7.69. The number of carbonyl (C=O) groups is 1. The third-order valence-corrected chi connectivity index (χ3v) is 3.78. The van der Waals surface area contributed by atoms with Crippen molar-refractivity contribution in [1.29, 1.82) is 0 Å². The fourth-order valence-corrected chi connectivity index (χ4v) is 2.69. The van der Waals surface area contributed by atoms with Gasteiger partial charge in [-0.1, -0.05) is 26.7 Å². The fraction of sp³-hybridized carbons (Fsp3) is 0.917. The Morgan fingerprint density at radius 1 is 1.50 bits per heavy atom. The highest BCUT2D eigenvalue weighted by molar-refractivity contribution is 7.77. The zero-order valence-corrected chi connectivity index (χ0v) is 11.4. The van der Waals surface area contributed by atoms with Crippen LogP contribution in [0.15, 0.2) is 0 Å². The lowest BCUT2D eigenvalue weighted by atomic mass is 9.88. The van der Waals surface area contributed by atoms with Gasteiger partial charge in [0.05, 0.1) is 12.0 Å². The maximum Gasteiger partial charge on any atom is 0.312 e. The van der Waals surface area contributed by atoms with Gasteiger partial charge in [-0.15, -0.1) is 0 Å². The summed E-state index contributed by atoms with van der Waals surface area (Å²) in [5, 5.41) is 0. The number of rotatable bonds is 3. The van der Waals surface area contributed by atoms with Crippen molar-refractivity contribution in [1.82, 2.24) is 4.31 Å². The van der Waals surface area contributed by atoms with Crippen LogP contribution in [0.3, 0.4) is 0 Å². The molecule has 0 aromatic carbocycles. The maximum absolute atomic E-state index is 11.8. The van der Waals surface area contributed by atoms with Gasteiger partial charge in [0.1, 0.15) is 0 Å². The van der Waals surface area contributed by atoms with Crippen LogP contribution in [0.4, 0.5) is 0 Å². The van der Waals surface area contributed by atoms with Gasteiger partial charge in [-0.3, -0.25) is 9.10 Å². The SMILES string of the molecule is CC.CCOC(=O)C1([C@@H]2CCN(S)C2)CC1. The number of nitrogens with zero attached hydrogens (tertiary/aromatic N) is 1. The summed E-state index contributed by atoms with van der Waals surface area (Å²) in [6.07, 6.45) is 3.11. The van der Waals surface area contributed by atoms with Crippen molar-refractivity contribution in [2.24, 2.45) is 11.3 Å². The first-order valence-electron chi connectivity index (χ1n) is 6.30. The highest BCUT2D eigenvalue weighted by Gasteiger charge is 2.57. The van der Waals surface area contributed by atoms with E-state index < -0.39 is 0 Å². The second kappa shape index (κ2) is 5.92. The molecule has 1 aliphatic heterocycles. The van der Waals surface area contributed by atoms with Gasteiger partial charge in [0, 0.05) is 13.1 Å². The summed E-state index contributed by atoms with van der Waals surface area (Å²) >= 11 is 4.31. The Balaban J connectivity index is 0.000000606. The minimum absolute atomic E-state index is 0.0219. The van der Waals surface area contributed by atoms with Crippen LogP contribution in [0.2, 0.25) is 0 Å². The summed E-state index contributed by atoms with van der Waals surface area (Å²) in [6.45, 7) is 8.29. The number of esters is 1. The number of hydrogen-bond donors (Lipinski definition) is 1. The standard InChI is InChI=1S/C10H17NO2S.C2H6/c1-2-13-9(12)10(4-5-10)8-3-6-11(14)7-8;1-2/h8,14H,2-7H2,1H3;1-2H3/t8-;/m1./s1. The van der Waals surface area contributed by atoms with Gasteiger partial charge >= 0.3 is 5.97 Å². The number of thiol groups is 1. The lowest BCUT2D eigenvalue weighted by Crippen LogP contribution is -2.28. The van der Waals surface area contributed by atoms with E-state index in [1.54, 1.807) is 0 Å². The molecule has 1 aliphatic carbocycles. The van der Waals surface area contributed by atoms with Crippen LogP contribution < -0.4 is 0 Å². The van der Waals surface area contributed by atoms with E-state index in [1.807, 2.05) is 25.1 Å². The summed E-state index contributed by atoms with van der Waals surface area (Å²) in [7, 11) is 0. The van der Waals surface area contributed by atoms with Crippen LogP contribution in [0.5, 0.6) is 0 Å². The highest BCUT2D eigenvalue weighted by Crippen LogP contribution is 2.55. The summed E-state index contributed by atoms with van der Waals surface area (Å²) in [5.41, 5.74) is -0.131. The second-order valence-electron chi connectivity index (χ2n) is 4.27. The molecule has 0 N–H and O–H groups in total. The molecule has 16 heavy (non-hydrogen) atoms. The molecule has 0 spiro atoms. The number of carbonyl (C=O) groups excluding carboxylic acids is 1. The molecule has 0 unspecified atom stereocenters. The topological polar surface area (TPSA) is 29.5 Å². The first kappa shape index (κ1) is 13.8. The molecule has 1 heterocycles. The van der Waals surface area contributed by atoms with Crippen LogP contribution in [-0.4, -0.2) is 30.0 Å². The molecular weight excluding hydrogens is 222 g/mol. The van der Waals surface area contributed by atoms with E-state index in [-0.39, 0.29) is 11.4 Å². The number of ether oxygens (including phenoxy) is 1. The van der Waals surface area contributed by atoms with E-state index in [0.29, 0.717) is 12.5 Å². The van der Waals surface area contributed by atoms with Gasteiger partial charge in [0.2, 0.25) is 0 Å². The lowest BCUT2D eigenvalue weighted by Gasteiger charge is -2.20. The minimum Gasteiger partial charge on any atom is -0.466 e. The summed E-state index contributed by atoms with van der Waals surface area (Å²) in [4.78, 5) is 11.8. The molecule has 2 rings (SSSR count). The van der Waals surface area contributed by atoms with E-state index >= 15 is 0 Å². The molecule has 1 saturated heterocycles. The summed E-state index contributed by atoms with van der Waals surface area (Å²) in [6, 6.07) is 0. The lowest BCUT2D eigenvalue weighted by molar-refractivity contribution is -0.151. The zero-order valence-electron chi connectivity index (χ0n) is 10.5. The molecular formula is C12H23NO2S. The Kier molecular flexibility index (Phi) is 5.12. The quantitative estimate of drug-likeness (QED) is 0.612. The second-order valence-corrected chi connectivity index (χ2v) is 4.84. The van der Waals surface area contributed by atoms with E-state index in [4.69, 9.17) is 4.74 Å². The molecule has 0 radical (unpaired) electrons. The van der Waals surface area contributed by atoms with Gasteiger partial charge in [0.15, 0.2) is 0 Å². The largest absolute Gasteiger partial charge is 0.466 e. The van der Waals surface area contributed by atoms with Gasteiger partial charge in [-0.2, -0.15) is 0 Å². The van der Waals surface area contributed by atoms with Crippen LogP contribution in [0.1, 0.15) is 40.0 Å². The van der Waals surface area contributed by atoms with E-state index in [9.17, 15) is 4.79 Å². The number of hydrogen-bond acceptors (Lipinski definition) is 4. The molecule has 3 nitrogen and oxygen atoms in total. The average Bonchev–Trinajstić information content (AvgIpc) is 3.00. The molecule has 0 aromatic rings. The molecule has 0 bridgehead atoms. The molecule has 0 aromatic heterocycles. The fourth-order valence-electron chi connectivity index (χ4n) is 2.38. The zero-order chi connectivity index (χ0) is 12.2. The van der Waals surface area contributed by atoms with Crippen molar-refractivity contribution in [2.45, 2.75) is 40.0 Å². The summed E-state index contributed by atoms with van der Waals surface area (Å²) < 4.78 is 7.14. The molecule has 0 amide bonds. The smallest absolute Gasteiger partial charge is 0.312 e. The Morgan fingerprint density at radius 3 is 2.50 bits per heavy atom. The third-order valence-electron chi connectivity index (χ3n) is 3.42. The Hall–Kier alpha value is -0.220. The van der Waals surface area contributed by atoms with Crippen molar-refractivity contribution < 1.29 is 9.53 Å².